The van der Waals surface area contributed by atoms with Gasteiger partial charge in [-0.2, -0.15) is 4.98 Å². The van der Waals surface area contributed by atoms with Gasteiger partial charge in [0.1, 0.15) is 0 Å². The molecule has 0 saturated carbocycles. The fraction of sp³-hybridized carbons (Fsp3) is 0.273. The van der Waals surface area contributed by atoms with E-state index in [4.69, 9.17) is 17.3 Å². The van der Waals surface area contributed by atoms with Crippen LogP contribution < -0.4 is 10.6 Å². The maximum absolute atomic E-state index is 5.97. The molecule has 1 aromatic carbocycles. The summed E-state index contributed by atoms with van der Waals surface area (Å²) in [6.45, 7) is 2.05. The third kappa shape index (κ3) is 2.50. The number of nitrogens with zero attached hydrogens (tertiary/aromatic N) is 3. The molecule has 0 aliphatic heterocycles. The molecule has 0 aliphatic rings. The van der Waals surface area contributed by atoms with Crippen LogP contribution in [0.2, 0.25) is 5.02 Å². The van der Waals surface area contributed by atoms with Crippen LogP contribution in [0.1, 0.15) is 18.5 Å². The topological polar surface area (TPSA) is 70.8 Å². The lowest BCUT2D eigenvalue weighted by Gasteiger charge is -2.23. The number of anilines is 2. The number of nitrogens with two attached hydrogens (primary N) is 1. The van der Waals surface area contributed by atoms with E-state index < -0.39 is 0 Å². The number of aromatic nitrogens is 3. The van der Waals surface area contributed by atoms with Gasteiger partial charge in [0, 0.05) is 12.1 Å². The number of nitrogens with one attached hydrogen (secondary N) is 1. The summed E-state index contributed by atoms with van der Waals surface area (Å²) in [5, 5.41) is 7.35. The van der Waals surface area contributed by atoms with Crippen molar-refractivity contribution in [1.82, 2.24) is 15.2 Å². The summed E-state index contributed by atoms with van der Waals surface area (Å²) in [6.07, 6.45) is 0. The smallest absolute Gasteiger partial charge is 0.246 e. The van der Waals surface area contributed by atoms with Crippen molar-refractivity contribution in [3.63, 3.8) is 0 Å². The number of hydrogen-bond donors (Lipinski definition) is 2. The van der Waals surface area contributed by atoms with Crippen molar-refractivity contribution in [3.05, 3.63) is 34.9 Å². The quantitative estimate of drug-likeness (QED) is 0.878. The molecule has 0 saturated heterocycles. The molecule has 3 N–H and O–H groups in total. The van der Waals surface area contributed by atoms with Gasteiger partial charge in [-0.25, -0.2) is 5.10 Å². The predicted octanol–water partition coefficient (Wildman–Crippen LogP) is 2.24. The van der Waals surface area contributed by atoms with Crippen LogP contribution in [0.3, 0.4) is 0 Å². The molecule has 17 heavy (non-hydrogen) atoms. The zero-order valence-electron chi connectivity index (χ0n) is 9.68. The van der Waals surface area contributed by atoms with Gasteiger partial charge >= 0.3 is 0 Å². The van der Waals surface area contributed by atoms with Crippen molar-refractivity contribution >= 4 is 23.5 Å². The zero-order chi connectivity index (χ0) is 12.4. The van der Waals surface area contributed by atoms with Gasteiger partial charge < -0.3 is 10.6 Å². The largest absolute Gasteiger partial charge is 0.368 e. The molecule has 2 rings (SSSR count). The molecule has 0 fully saturated rings. The lowest BCUT2D eigenvalue weighted by atomic mass is 10.1. The maximum atomic E-state index is 5.97. The number of halogens is 1. The molecule has 6 heteroatoms. The summed E-state index contributed by atoms with van der Waals surface area (Å²) in [6, 6.07) is 7.84. The number of nitrogen functional groups attached to an aromatic ring is 1. The van der Waals surface area contributed by atoms with Crippen LogP contribution in [0.4, 0.5) is 11.9 Å². The maximum Gasteiger partial charge on any atom is 0.246 e. The third-order valence-electron chi connectivity index (χ3n) is 2.72. The second-order valence-corrected chi connectivity index (χ2v) is 4.30. The van der Waals surface area contributed by atoms with Crippen molar-refractivity contribution in [1.29, 1.82) is 0 Å². The summed E-state index contributed by atoms with van der Waals surface area (Å²) < 4.78 is 0. The molecule has 5 nitrogen and oxygen atoms in total. The summed E-state index contributed by atoms with van der Waals surface area (Å²) in [7, 11) is 1.91. The molecule has 1 unspecified atom stereocenters. The summed E-state index contributed by atoms with van der Waals surface area (Å²) >= 11 is 5.97. The van der Waals surface area contributed by atoms with Crippen LogP contribution >= 0.6 is 11.6 Å². The van der Waals surface area contributed by atoms with Gasteiger partial charge in [-0.1, -0.05) is 23.7 Å². The van der Waals surface area contributed by atoms with Gasteiger partial charge in [-0.05, 0) is 24.6 Å². The highest BCUT2D eigenvalue weighted by Gasteiger charge is 2.15. The minimum absolute atomic E-state index is 0.115. The lowest BCUT2D eigenvalue weighted by Crippen LogP contribution is -2.22. The van der Waals surface area contributed by atoms with Crippen LogP contribution in [-0.4, -0.2) is 22.2 Å². The summed E-state index contributed by atoms with van der Waals surface area (Å²) in [5.41, 5.74) is 6.60. The highest BCUT2D eigenvalue weighted by molar-refractivity contribution is 6.30. The molecular weight excluding hydrogens is 238 g/mol. The van der Waals surface area contributed by atoms with Gasteiger partial charge in [-0.15, -0.1) is 5.10 Å². The first-order valence-corrected chi connectivity index (χ1v) is 5.62. The number of benzene rings is 1. The minimum atomic E-state index is 0.115. The molecule has 1 heterocycles. The minimum Gasteiger partial charge on any atom is -0.368 e. The van der Waals surface area contributed by atoms with E-state index in [0.29, 0.717) is 11.9 Å². The molecule has 0 amide bonds. The first-order chi connectivity index (χ1) is 8.08. The van der Waals surface area contributed by atoms with Gasteiger partial charge in [0.05, 0.1) is 6.04 Å². The van der Waals surface area contributed by atoms with Gasteiger partial charge in [0.25, 0.3) is 0 Å². The van der Waals surface area contributed by atoms with Crippen LogP contribution in [0.25, 0.3) is 0 Å². The molecule has 0 aliphatic carbocycles. The monoisotopic (exact) mass is 251 g/mol. The van der Waals surface area contributed by atoms with Crippen LogP contribution in [0.5, 0.6) is 0 Å². The van der Waals surface area contributed by atoms with Crippen LogP contribution in [-0.2, 0) is 0 Å². The van der Waals surface area contributed by atoms with Crippen molar-refractivity contribution in [2.24, 2.45) is 0 Å². The Morgan fingerprint density at radius 2 is 2.24 bits per heavy atom. The first kappa shape index (κ1) is 11.7. The van der Waals surface area contributed by atoms with E-state index >= 15 is 0 Å². The molecular formula is C11H14ClN5. The van der Waals surface area contributed by atoms with Crippen molar-refractivity contribution in [2.75, 3.05) is 17.7 Å². The molecule has 1 atom stereocenters. The van der Waals surface area contributed by atoms with E-state index in [1.54, 1.807) is 0 Å². The lowest BCUT2D eigenvalue weighted by molar-refractivity contribution is 0.717. The normalized spacial score (nSPS) is 12.4. The van der Waals surface area contributed by atoms with Crippen molar-refractivity contribution in [2.45, 2.75) is 13.0 Å². The summed E-state index contributed by atoms with van der Waals surface area (Å²) in [4.78, 5) is 6.01. The Morgan fingerprint density at radius 3 is 2.82 bits per heavy atom. The predicted molar refractivity (Wildman–Crippen MR) is 69.1 cm³/mol. The molecule has 1 aromatic heterocycles. The second kappa shape index (κ2) is 4.63. The van der Waals surface area contributed by atoms with Crippen LogP contribution in [0, 0.1) is 0 Å². The first-order valence-electron chi connectivity index (χ1n) is 5.24. The number of aromatic amines is 1. The van der Waals surface area contributed by atoms with E-state index in [9.17, 15) is 0 Å². The SMILES string of the molecule is CC(c1cccc(Cl)c1)N(C)c1n[nH]c(N)n1. The Balaban J connectivity index is 2.22. The molecule has 2 aromatic rings. The van der Waals surface area contributed by atoms with Gasteiger partial charge in [0.15, 0.2) is 0 Å². The number of H-pyrrole nitrogens is 1. The Hall–Kier alpha value is -1.75. The van der Waals surface area contributed by atoms with Crippen LogP contribution in [0.15, 0.2) is 24.3 Å². The Kier molecular flexibility index (Phi) is 3.19. The van der Waals surface area contributed by atoms with E-state index in [1.807, 2.05) is 36.2 Å². The highest BCUT2D eigenvalue weighted by atomic mass is 35.5. The highest BCUT2D eigenvalue weighted by Crippen LogP contribution is 2.24. The fourth-order valence-corrected chi connectivity index (χ4v) is 1.78. The van der Waals surface area contributed by atoms with E-state index in [1.165, 1.54) is 0 Å². The standard InChI is InChI=1S/C11H14ClN5/c1-7(8-4-3-5-9(12)6-8)17(2)11-14-10(13)15-16-11/h3-7H,1-2H3,(H3,13,14,15,16). The molecule has 0 spiro atoms. The Morgan fingerprint density at radius 1 is 1.47 bits per heavy atom. The van der Waals surface area contributed by atoms with Crippen molar-refractivity contribution < 1.29 is 0 Å². The summed E-state index contributed by atoms with van der Waals surface area (Å²) in [5.74, 6) is 0.875. The molecule has 0 radical (unpaired) electrons. The van der Waals surface area contributed by atoms with E-state index in [0.717, 1.165) is 10.6 Å². The van der Waals surface area contributed by atoms with Gasteiger partial charge in [0.2, 0.25) is 11.9 Å². The van der Waals surface area contributed by atoms with E-state index in [2.05, 4.69) is 22.1 Å². The Bertz CT molecular complexity index is 510. The number of hydrogen-bond acceptors (Lipinski definition) is 4. The number of rotatable bonds is 3. The molecule has 0 bridgehead atoms. The average molecular weight is 252 g/mol. The van der Waals surface area contributed by atoms with Gasteiger partial charge in [-0.3, -0.25) is 0 Å². The van der Waals surface area contributed by atoms with E-state index in [-0.39, 0.29) is 6.04 Å². The second-order valence-electron chi connectivity index (χ2n) is 3.86. The van der Waals surface area contributed by atoms with Crippen molar-refractivity contribution in [3.8, 4) is 0 Å². The Labute approximate surface area is 105 Å². The fourth-order valence-electron chi connectivity index (χ4n) is 1.59. The third-order valence-corrected chi connectivity index (χ3v) is 2.95. The molecule has 90 valence electrons. The average Bonchev–Trinajstić information content (AvgIpc) is 2.74. The zero-order valence-corrected chi connectivity index (χ0v) is 10.4.